The summed E-state index contributed by atoms with van der Waals surface area (Å²) < 4.78 is 12.7. The van der Waals surface area contributed by atoms with Gasteiger partial charge in [0.05, 0.1) is 6.42 Å². The van der Waals surface area contributed by atoms with Crippen molar-refractivity contribution in [3.63, 3.8) is 0 Å². The van der Waals surface area contributed by atoms with Crippen molar-refractivity contribution in [2.24, 2.45) is 5.73 Å². The van der Waals surface area contributed by atoms with E-state index in [1.165, 1.54) is 12.1 Å². The molecule has 3 nitrogen and oxygen atoms in total. The highest BCUT2D eigenvalue weighted by atomic mass is 19.1. The Balaban J connectivity index is 1.86. The van der Waals surface area contributed by atoms with Crippen LogP contribution in [0.15, 0.2) is 24.3 Å². The molecule has 0 saturated heterocycles. The van der Waals surface area contributed by atoms with Crippen LogP contribution in [0.5, 0.6) is 0 Å². The molecule has 0 aliphatic heterocycles. The standard InChI is InChI=1S/C14H19FN2O/c15-11-7-5-10(6-8-11)9-14(18)17-13-4-2-1-3-12(13)16/h5-8,12-13H,1-4,9,16H2,(H,17,18)/t12-,13-/m1/s1. The summed E-state index contributed by atoms with van der Waals surface area (Å²) in [6.07, 6.45) is 4.47. The Bertz CT molecular complexity index is 405. The first-order valence-electron chi connectivity index (χ1n) is 6.44. The average Bonchev–Trinajstić information content (AvgIpc) is 2.35. The third-order valence-corrected chi connectivity index (χ3v) is 3.44. The maximum absolute atomic E-state index is 12.7. The lowest BCUT2D eigenvalue weighted by molar-refractivity contribution is -0.121. The molecule has 2 atom stereocenters. The molecule has 0 heterocycles. The largest absolute Gasteiger partial charge is 0.352 e. The first-order chi connectivity index (χ1) is 8.65. The summed E-state index contributed by atoms with van der Waals surface area (Å²) >= 11 is 0. The second-order valence-electron chi connectivity index (χ2n) is 4.93. The van der Waals surface area contributed by atoms with Gasteiger partial charge in [0.1, 0.15) is 5.82 Å². The number of hydrogen-bond acceptors (Lipinski definition) is 2. The van der Waals surface area contributed by atoms with Gasteiger partial charge in [-0.3, -0.25) is 4.79 Å². The fraction of sp³-hybridized carbons (Fsp3) is 0.500. The van der Waals surface area contributed by atoms with Crippen LogP contribution in [0.2, 0.25) is 0 Å². The zero-order chi connectivity index (χ0) is 13.0. The molecule has 1 amide bonds. The van der Waals surface area contributed by atoms with Crippen LogP contribution in [0.3, 0.4) is 0 Å². The molecule has 1 aliphatic rings. The summed E-state index contributed by atoms with van der Waals surface area (Å²) in [4.78, 5) is 11.9. The fourth-order valence-corrected chi connectivity index (χ4v) is 2.38. The molecule has 1 aliphatic carbocycles. The van der Waals surface area contributed by atoms with Gasteiger partial charge < -0.3 is 11.1 Å². The van der Waals surface area contributed by atoms with Crippen molar-refractivity contribution >= 4 is 5.91 Å². The van der Waals surface area contributed by atoms with Crippen LogP contribution >= 0.6 is 0 Å². The minimum absolute atomic E-state index is 0.0380. The van der Waals surface area contributed by atoms with Crippen molar-refractivity contribution in [3.05, 3.63) is 35.6 Å². The number of rotatable bonds is 3. The van der Waals surface area contributed by atoms with Gasteiger partial charge >= 0.3 is 0 Å². The molecule has 18 heavy (non-hydrogen) atoms. The molecule has 0 bridgehead atoms. The van der Waals surface area contributed by atoms with Crippen LogP contribution in [-0.2, 0) is 11.2 Å². The lowest BCUT2D eigenvalue weighted by atomic mass is 9.91. The van der Waals surface area contributed by atoms with Crippen molar-refractivity contribution in [3.8, 4) is 0 Å². The zero-order valence-electron chi connectivity index (χ0n) is 10.4. The first kappa shape index (κ1) is 13.0. The predicted molar refractivity (Wildman–Crippen MR) is 68.5 cm³/mol. The highest BCUT2D eigenvalue weighted by Crippen LogP contribution is 2.17. The maximum Gasteiger partial charge on any atom is 0.224 e. The van der Waals surface area contributed by atoms with Crippen LogP contribution < -0.4 is 11.1 Å². The van der Waals surface area contributed by atoms with E-state index in [4.69, 9.17) is 5.73 Å². The van der Waals surface area contributed by atoms with Crippen LogP contribution in [0, 0.1) is 5.82 Å². The smallest absolute Gasteiger partial charge is 0.224 e. The normalized spacial score (nSPS) is 23.7. The third-order valence-electron chi connectivity index (χ3n) is 3.44. The van der Waals surface area contributed by atoms with Gasteiger partial charge in [0.25, 0.3) is 0 Å². The summed E-state index contributed by atoms with van der Waals surface area (Å²) in [7, 11) is 0. The Labute approximate surface area is 107 Å². The number of nitrogens with one attached hydrogen (secondary N) is 1. The SMILES string of the molecule is N[C@@H]1CCCC[C@H]1NC(=O)Cc1ccc(F)cc1. The molecular weight excluding hydrogens is 231 g/mol. The second-order valence-corrected chi connectivity index (χ2v) is 4.93. The predicted octanol–water partition coefficient (Wildman–Crippen LogP) is 1.75. The number of benzene rings is 1. The van der Waals surface area contributed by atoms with Gasteiger partial charge in [-0.05, 0) is 30.5 Å². The Morgan fingerprint density at radius 3 is 2.61 bits per heavy atom. The van der Waals surface area contributed by atoms with Crippen LogP contribution in [0.4, 0.5) is 4.39 Å². The summed E-state index contributed by atoms with van der Waals surface area (Å²) in [5.41, 5.74) is 6.79. The molecule has 3 N–H and O–H groups in total. The van der Waals surface area contributed by atoms with Gasteiger partial charge in [-0.25, -0.2) is 4.39 Å². The van der Waals surface area contributed by atoms with Crippen molar-refractivity contribution in [1.82, 2.24) is 5.32 Å². The van der Waals surface area contributed by atoms with E-state index in [1.54, 1.807) is 12.1 Å². The average molecular weight is 250 g/mol. The van der Waals surface area contributed by atoms with Gasteiger partial charge in [0.2, 0.25) is 5.91 Å². The topological polar surface area (TPSA) is 55.1 Å². The molecule has 1 aromatic carbocycles. The van der Waals surface area contributed by atoms with Gasteiger partial charge in [-0.15, -0.1) is 0 Å². The van der Waals surface area contributed by atoms with Crippen molar-refractivity contribution in [2.75, 3.05) is 0 Å². The lowest BCUT2D eigenvalue weighted by Crippen LogP contribution is -2.49. The Hall–Kier alpha value is -1.42. The van der Waals surface area contributed by atoms with Crippen LogP contribution in [-0.4, -0.2) is 18.0 Å². The minimum atomic E-state index is -0.284. The maximum atomic E-state index is 12.7. The van der Waals surface area contributed by atoms with E-state index in [2.05, 4.69) is 5.32 Å². The number of halogens is 1. The third kappa shape index (κ3) is 3.53. The second kappa shape index (κ2) is 5.96. The summed E-state index contributed by atoms with van der Waals surface area (Å²) in [6, 6.07) is 6.16. The lowest BCUT2D eigenvalue weighted by Gasteiger charge is -2.29. The molecule has 1 saturated carbocycles. The van der Waals surface area contributed by atoms with E-state index in [0.717, 1.165) is 31.2 Å². The molecule has 1 aromatic rings. The molecule has 0 radical (unpaired) electrons. The Kier molecular flexibility index (Phi) is 4.31. The van der Waals surface area contributed by atoms with E-state index in [1.807, 2.05) is 0 Å². The molecule has 1 fully saturated rings. The molecule has 2 rings (SSSR count). The summed E-state index contributed by atoms with van der Waals surface area (Å²) in [5.74, 6) is -0.322. The van der Waals surface area contributed by atoms with Gasteiger partial charge in [-0.2, -0.15) is 0 Å². The number of amides is 1. The van der Waals surface area contributed by atoms with E-state index in [9.17, 15) is 9.18 Å². The highest BCUT2D eigenvalue weighted by molar-refractivity contribution is 5.78. The van der Waals surface area contributed by atoms with E-state index in [-0.39, 0.29) is 30.2 Å². The van der Waals surface area contributed by atoms with E-state index < -0.39 is 0 Å². The number of carbonyl (C=O) groups excluding carboxylic acids is 1. The Morgan fingerprint density at radius 1 is 1.28 bits per heavy atom. The monoisotopic (exact) mass is 250 g/mol. The van der Waals surface area contributed by atoms with Crippen molar-refractivity contribution < 1.29 is 9.18 Å². The Morgan fingerprint density at radius 2 is 1.94 bits per heavy atom. The number of carbonyl (C=O) groups is 1. The van der Waals surface area contributed by atoms with Crippen LogP contribution in [0.25, 0.3) is 0 Å². The van der Waals surface area contributed by atoms with Gasteiger partial charge in [0, 0.05) is 12.1 Å². The molecule has 4 heteroatoms. The highest BCUT2D eigenvalue weighted by Gasteiger charge is 2.23. The van der Waals surface area contributed by atoms with Crippen LogP contribution in [0.1, 0.15) is 31.2 Å². The minimum Gasteiger partial charge on any atom is -0.352 e. The van der Waals surface area contributed by atoms with Gasteiger partial charge in [-0.1, -0.05) is 25.0 Å². The van der Waals surface area contributed by atoms with E-state index >= 15 is 0 Å². The molecule has 0 aromatic heterocycles. The first-order valence-corrected chi connectivity index (χ1v) is 6.44. The van der Waals surface area contributed by atoms with Crippen molar-refractivity contribution in [2.45, 2.75) is 44.2 Å². The van der Waals surface area contributed by atoms with Gasteiger partial charge in [0.15, 0.2) is 0 Å². The van der Waals surface area contributed by atoms with Crippen molar-refractivity contribution in [1.29, 1.82) is 0 Å². The molecule has 98 valence electrons. The molecule has 0 unspecified atom stereocenters. The summed E-state index contributed by atoms with van der Waals surface area (Å²) in [5, 5.41) is 2.97. The summed E-state index contributed by atoms with van der Waals surface area (Å²) in [6.45, 7) is 0. The quantitative estimate of drug-likeness (QED) is 0.858. The number of nitrogens with two attached hydrogens (primary N) is 1. The molecule has 0 spiro atoms. The molecular formula is C14H19FN2O. The fourth-order valence-electron chi connectivity index (χ4n) is 2.38. The zero-order valence-corrected chi connectivity index (χ0v) is 10.4. The van der Waals surface area contributed by atoms with E-state index in [0.29, 0.717) is 0 Å². The number of hydrogen-bond donors (Lipinski definition) is 2.